The molecular formula is C19H25F2NO5. The summed E-state index contributed by atoms with van der Waals surface area (Å²) in [4.78, 5) is 25.4. The first-order valence-electron chi connectivity index (χ1n) is 9.00. The number of ether oxygens (including phenoxy) is 2. The van der Waals surface area contributed by atoms with Crippen LogP contribution in [0.25, 0.3) is 0 Å². The third-order valence-electron chi connectivity index (χ3n) is 4.69. The van der Waals surface area contributed by atoms with Gasteiger partial charge >= 0.3 is 12.6 Å². The molecule has 150 valence electrons. The van der Waals surface area contributed by atoms with Gasteiger partial charge in [0.15, 0.2) is 11.5 Å². The van der Waals surface area contributed by atoms with Crippen molar-refractivity contribution in [3.05, 3.63) is 23.8 Å². The van der Waals surface area contributed by atoms with E-state index in [4.69, 9.17) is 4.74 Å². The Labute approximate surface area is 157 Å². The molecule has 0 bridgehead atoms. The van der Waals surface area contributed by atoms with E-state index in [1.165, 1.54) is 11.0 Å². The van der Waals surface area contributed by atoms with Gasteiger partial charge in [-0.2, -0.15) is 8.78 Å². The van der Waals surface area contributed by atoms with Crippen LogP contribution in [0, 0.1) is 11.8 Å². The molecule has 1 amide bonds. The molecule has 8 heteroatoms. The first kappa shape index (κ1) is 20.9. The summed E-state index contributed by atoms with van der Waals surface area (Å²) in [5.41, 5.74) is 0.710. The molecular weight excluding hydrogens is 360 g/mol. The molecule has 1 N–H and O–H groups in total. The van der Waals surface area contributed by atoms with Gasteiger partial charge in [-0.15, -0.1) is 0 Å². The fourth-order valence-electron chi connectivity index (χ4n) is 3.41. The molecule has 0 spiro atoms. The second-order valence-electron chi connectivity index (χ2n) is 6.69. The highest BCUT2D eigenvalue weighted by Gasteiger charge is 2.32. The molecule has 27 heavy (non-hydrogen) atoms. The molecule has 1 aliphatic rings. The van der Waals surface area contributed by atoms with E-state index in [1.807, 2.05) is 0 Å². The van der Waals surface area contributed by atoms with Gasteiger partial charge in [-0.05, 0) is 43.9 Å². The van der Waals surface area contributed by atoms with Gasteiger partial charge in [0.05, 0.1) is 12.5 Å². The SMILES string of the molecule is CCOc1cc(CN(C)C(=O)C2CCCC(C(=O)O)C2)ccc1OC(F)F. The molecule has 2 rings (SSSR count). The summed E-state index contributed by atoms with van der Waals surface area (Å²) in [6.45, 7) is -0.664. The number of amides is 1. The summed E-state index contributed by atoms with van der Waals surface area (Å²) in [5.74, 6) is -1.60. The second kappa shape index (κ2) is 9.53. The van der Waals surface area contributed by atoms with E-state index in [0.717, 1.165) is 6.42 Å². The molecule has 1 aliphatic carbocycles. The molecule has 1 saturated carbocycles. The van der Waals surface area contributed by atoms with E-state index in [2.05, 4.69) is 4.74 Å². The molecule has 2 atom stereocenters. The van der Waals surface area contributed by atoms with Crippen LogP contribution in [0.4, 0.5) is 8.78 Å². The maximum Gasteiger partial charge on any atom is 0.387 e. The number of hydrogen-bond donors (Lipinski definition) is 1. The van der Waals surface area contributed by atoms with E-state index in [0.29, 0.717) is 24.8 Å². The third kappa shape index (κ3) is 5.80. The largest absolute Gasteiger partial charge is 0.490 e. The van der Waals surface area contributed by atoms with Crippen LogP contribution in [-0.2, 0) is 16.1 Å². The van der Waals surface area contributed by atoms with E-state index in [1.54, 1.807) is 26.1 Å². The lowest BCUT2D eigenvalue weighted by Gasteiger charge is -2.29. The fraction of sp³-hybridized carbons (Fsp3) is 0.579. The van der Waals surface area contributed by atoms with E-state index in [9.17, 15) is 23.5 Å². The molecule has 2 unspecified atom stereocenters. The van der Waals surface area contributed by atoms with Crippen LogP contribution in [0.15, 0.2) is 18.2 Å². The van der Waals surface area contributed by atoms with Gasteiger partial charge < -0.3 is 19.5 Å². The van der Waals surface area contributed by atoms with Gasteiger partial charge in [-0.3, -0.25) is 9.59 Å². The number of nitrogens with zero attached hydrogens (tertiary/aromatic N) is 1. The van der Waals surface area contributed by atoms with Crippen molar-refractivity contribution in [2.24, 2.45) is 11.8 Å². The van der Waals surface area contributed by atoms with Crippen molar-refractivity contribution in [3.63, 3.8) is 0 Å². The maximum absolute atomic E-state index is 12.7. The third-order valence-corrected chi connectivity index (χ3v) is 4.69. The Morgan fingerprint density at radius 2 is 1.96 bits per heavy atom. The Kier molecular flexibility index (Phi) is 7.38. The highest BCUT2D eigenvalue weighted by atomic mass is 19.3. The molecule has 1 fully saturated rings. The zero-order valence-electron chi connectivity index (χ0n) is 15.5. The second-order valence-corrected chi connectivity index (χ2v) is 6.69. The maximum atomic E-state index is 12.7. The van der Waals surface area contributed by atoms with Gasteiger partial charge in [-0.1, -0.05) is 12.5 Å². The number of carbonyl (C=O) groups excluding carboxylic acids is 1. The van der Waals surface area contributed by atoms with Gasteiger partial charge in [0.25, 0.3) is 0 Å². The van der Waals surface area contributed by atoms with Crippen LogP contribution in [0.2, 0.25) is 0 Å². The molecule has 6 nitrogen and oxygen atoms in total. The number of halogens is 2. The lowest BCUT2D eigenvalue weighted by molar-refractivity contribution is -0.145. The fourth-order valence-corrected chi connectivity index (χ4v) is 3.41. The van der Waals surface area contributed by atoms with Gasteiger partial charge in [0, 0.05) is 19.5 Å². The van der Waals surface area contributed by atoms with Crippen LogP contribution < -0.4 is 9.47 Å². The average molecular weight is 385 g/mol. The van der Waals surface area contributed by atoms with Crippen LogP contribution in [0.1, 0.15) is 38.2 Å². The van der Waals surface area contributed by atoms with Crippen molar-refractivity contribution in [2.75, 3.05) is 13.7 Å². The summed E-state index contributed by atoms with van der Waals surface area (Å²) >= 11 is 0. The monoisotopic (exact) mass is 385 g/mol. The normalized spacial score (nSPS) is 19.6. The molecule has 0 heterocycles. The summed E-state index contributed by atoms with van der Waals surface area (Å²) in [6.07, 6.45) is 2.35. The Bertz CT molecular complexity index is 668. The number of carbonyl (C=O) groups is 2. The minimum atomic E-state index is -2.95. The average Bonchev–Trinajstić information content (AvgIpc) is 2.63. The van der Waals surface area contributed by atoms with Crippen molar-refractivity contribution >= 4 is 11.9 Å². The Hall–Kier alpha value is -2.38. The molecule has 1 aromatic carbocycles. The quantitative estimate of drug-likeness (QED) is 0.741. The Morgan fingerprint density at radius 3 is 2.59 bits per heavy atom. The molecule has 1 aromatic rings. The molecule has 0 aliphatic heterocycles. The van der Waals surface area contributed by atoms with Gasteiger partial charge in [0.2, 0.25) is 5.91 Å². The number of hydrogen-bond acceptors (Lipinski definition) is 4. The zero-order chi connectivity index (χ0) is 20.0. The van der Waals surface area contributed by atoms with E-state index < -0.39 is 18.5 Å². The van der Waals surface area contributed by atoms with Gasteiger partial charge in [0.1, 0.15) is 0 Å². The van der Waals surface area contributed by atoms with Crippen LogP contribution >= 0.6 is 0 Å². The predicted octanol–water partition coefficient (Wildman–Crippen LogP) is 3.54. The summed E-state index contributed by atoms with van der Waals surface area (Å²) in [6, 6.07) is 4.57. The topological polar surface area (TPSA) is 76.1 Å². The van der Waals surface area contributed by atoms with Crippen molar-refractivity contribution < 1.29 is 33.0 Å². The number of carboxylic acid groups (broad SMARTS) is 1. The minimum Gasteiger partial charge on any atom is -0.490 e. The number of benzene rings is 1. The highest BCUT2D eigenvalue weighted by molar-refractivity contribution is 5.80. The van der Waals surface area contributed by atoms with Gasteiger partial charge in [-0.25, -0.2) is 0 Å². The number of rotatable bonds is 8. The van der Waals surface area contributed by atoms with Crippen LogP contribution in [-0.4, -0.2) is 42.1 Å². The van der Waals surface area contributed by atoms with E-state index >= 15 is 0 Å². The lowest BCUT2D eigenvalue weighted by Crippen LogP contribution is -2.36. The lowest BCUT2D eigenvalue weighted by atomic mass is 9.81. The summed E-state index contributed by atoms with van der Waals surface area (Å²) in [7, 11) is 1.65. The number of alkyl halides is 2. The molecule has 0 aromatic heterocycles. The first-order chi connectivity index (χ1) is 12.8. The van der Waals surface area contributed by atoms with Crippen molar-refractivity contribution in [1.82, 2.24) is 4.90 Å². The van der Waals surface area contributed by atoms with Crippen LogP contribution in [0.5, 0.6) is 11.5 Å². The summed E-state index contributed by atoms with van der Waals surface area (Å²) in [5, 5.41) is 9.18. The smallest absolute Gasteiger partial charge is 0.387 e. The minimum absolute atomic E-state index is 0.0545. The standard InChI is InChI=1S/C19H25F2NO5/c1-3-26-16-9-12(7-8-15(16)27-19(20)21)11-22(2)17(23)13-5-4-6-14(10-13)18(24)25/h7-9,13-14,19H,3-6,10-11H2,1-2H3,(H,24,25). The number of carboxylic acids is 1. The Balaban J connectivity index is 2.05. The van der Waals surface area contributed by atoms with Crippen molar-refractivity contribution in [2.45, 2.75) is 45.8 Å². The predicted molar refractivity (Wildman–Crippen MR) is 93.8 cm³/mol. The van der Waals surface area contributed by atoms with Crippen molar-refractivity contribution in [1.29, 1.82) is 0 Å². The first-order valence-corrected chi connectivity index (χ1v) is 9.00. The molecule has 0 saturated heterocycles. The van der Waals surface area contributed by atoms with Crippen LogP contribution in [0.3, 0.4) is 0 Å². The molecule has 0 radical (unpaired) electrons. The number of aliphatic carboxylic acids is 1. The Morgan fingerprint density at radius 1 is 1.26 bits per heavy atom. The zero-order valence-corrected chi connectivity index (χ0v) is 15.5. The van der Waals surface area contributed by atoms with Crippen molar-refractivity contribution in [3.8, 4) is 11.5 Å². The highest BCUT2D eigenvalue weighted by Crippen LogP contribution is 2.32. The van der Waals surface area contributed by atoms with E-state index in [-0.39, 0.29) is 36.5 Å². The summed E-state index contributed by atoms with van der Waals surface area (Å²) < 4.78 is 34.7.